The van der Waals surface area contributed by atoms with Crippen molar-refractivity contribution in [3.63, 3.8) is 0 Å². The molecule has 1 aromatic heterocycles. The molecule has 0 atom stereocenters. The molecule has 0 saturated heterocycles. The Bertz CT molecular complexity index is 492. The van der Waals surface area contributed by atoms with Gasteiger partial charge in [0.25, 0.3) is 0 Å². The minimum atomic E-state index is 0.803. The number of benzene rings is 1. The highest BCUT2D eigenvalue weighted by Gasteiger charge is 2.04. The van der Waals surface area contributed by atoms with E-state index >= 15 is 0 Å². The van der Waals surface area contributed by atoms with Gasteiger partial charge in [0.05, 0.1) is 0 Å². The molecule has 0 spiro atoms. The second kappa shape index (κ2) is 3.97. The number of aromatic nitrogens is 1. The molecule has 0 fully saturated rings. The van der Waals surface area contributed by atoms with Crippen molar-refractivity contribution in [2.45, 2.75) is 20.8 Å². The summed E-state index contributed by atoms with van der Waals surface area (Å²) in [4.78, 5) is 0. The van der Waals surface area contributed by atoms with Crippen LogP contribution in [0.5, 0.6) is 0 Å². The van der Waals surface area contributed by atoms with Gasteiger partial charge in [0.1, 0.15) is 0 Å². The molecule has 0 saturated carbocycles. The molecular weight excluding hydrogens is 198 g/mol. The second-order valence-corrected chi connectivity index (χ2v) is 4.18. The second-order valence-electron chi connectivity index (χ2n) is 4.18. The molecule has 2 rings (SSSR count). The van der Waals surface area contributed by atoms with Crippen LogP contribution in [0.2, 0.25) is 0 Å². The molecule has 1 aromatic carbocycles. The molecule has 0 bridgehead atoms. The van der Waals surface area contributed by atoms with Crippen LogP contribution in [0, 0.1) is 26.0 Å². The summed E-state index contributed by atoms with van der Waals surface area (Å²) in [5, 5.41) is 11.0. The summed E-state index contributed by atoms with van der Waals surface area (Å²) < 4.78 is 0.803. The molecule has 1 heterocycles. The molecular formula is C14H15NO. The van der Waals surface area contributed by atoms with Gasteiger partial charge in [0, 0.05) is 12.1 Å². The number of hydrogen-bond donors (Lipinski definition) is 0. The summed E-state index contributed by atoms with van der Waals surface area (Å²) in [6.07, 6.45) is 3.06. The predicted octanol–water partition coefficient (Wildman–Crippen LogP) is 2.91. The number of pyridine rings is 1. The van der Waals surface area contributed by atoms with Crippen LogP contribution in [-0.2, 0) is 0 Å². The van der Waals surface area contributed by atoms with Gasteiger partial charge in [-0.2, -0.15) is 4.73 Å². The van der Waals surface area contributed by atoms with Crippen LogP contribution in [0.15, 0.2) is 36.7 Å². The first-order valence-electron chi connectivity index (χ1n) is 5.35. The Balaban J connectivity index is 2.52. The minimum Gasteiger partial charge on any atom is -0.619 e. The van der Waals surface area contributed by atoms with E-state index in [2.05, 4.69) is 32.9 Å². The fourth-order valence-electron chi connectivity index (χ4n) is 1.81. The molecule has 2 aromatic rings. The monoisotopic (exact) mass is 213 g/mol. The lowest BCUT2D eigenvalue weighted by Crippen LogP contribution is -2.23. The third-order valence-electron chi connectivity index (χ3n) is 3.06. The van der Waals surface area contributed by atoms with Crippen LogP contribution < -0.4 is 4.73 Å². The van der Waals surface area contributed by atoms with E-state index in [-0.39, 0.29) is 0 Å². The third kappa shape index (κ3) is 1.91. The Hall–Kier alpha value is -1.83. The van der Waals surface area contributed by atoms with E-state index in [4.69, 9.17) is 0 Å². The first-order chi connectivity index (χ1) is 7.58. The van der Waals surface area contributed by atoms with E-state index in [1.54, 1.807) is 0 Å². The van der Waals surface area contributed by atoms with E-state index in [9.17, 15) is 5.21 Å². The Morgan fingerprint density at radius 2 is 1.38 bits per heavy atom. The van der Waals surface area contributed by atoms with Crippen molar-refractivity contribution in [3.05, 3.63) is 58.6 Å². The van der Waals surface area contributed by atoms with E-state index in [1.165, 1.54) is 34.6 Å². The van der Waals surface area contributed by atoms with E-state index in [0.29, 0.717) is 0 Å². The topological polar surface area (TPSA) is 26.9 Å². The SMILES string of the molecule is Cc1cc(-c2cc[n+]([O-])cc2)cc(C)c1C. The molecule has 0 aliphatic heterocycles. The molecule has 0 aliphatic carbocycles. The third-order valence-corrected chi connectivity index (χ3v) is 3.06. The van der Waals surface area contributed by atoms with Gasteiger partial charge < -0.3 is 5.21 Å². The predicted molar refractivity (Wildman–Crippen MR) is 65.0 cm³/mol. The van der Waals surface area contributed by atoms with Crippen molar-refractivity contribution in [2.75, 3.05) is 0 Å². The van der Waals surface area contributed by atoms with Crippen LogP contribution in [0.3, 0.4) is 0 Å². The van der Waals surface area contributed by atoms with E-state index < -0.39 is 0 Å². The van der Waals surface area contributed by atoms with Gasteiger partial charge in [-0.05, 0) is 48.6 Å². The van der Waals surface area contributed by atoms with Crippen molar-refractivity contribution in [2.24, 2.45) is 0 Å². The number of hydrogen-bond acceptors (Lipinski definition) is 1. The first-order valence-corrected chi connectivity index (χ1v) is 5.35. The number of rotatable bonds is 1. The Labute approximate surface area is 95.8 Å². The van der Waals surface area contributed by atoms with Gasteiger partial charge >= 0.3 is 0 Å². The van der Waals surface area contributed by atoms with Gasteiger partial charge in [0.15, 0.2) is 12.4 Å². The van der Waals surface area contributed by atoms with E-state index in [0.717, 1.165) is 10.3 Å². The number of aryl methyl sites for hydroxylation is 2. The zero-order valence-electron chi connectivity index (χ0n) is 9.82. The zero-order valence-corrected chi connectivity index (χ0v) is 9.82. The molecule has 0 unspecified atom stereocenters. The molecule has 82 valence electrons. The summed E-state index contributed by atoms with van der Waals surface area (Å²) in [6, 6.07) is 8.01. The standard InChI is InChI=1S/C14H15NO/c1-10-8-14(9-11(2)12(10)3)13-4-6-15(16)7-5-13/h4-9H,1-3H3. The molecule has 2 nitrogen and oxygen atoms in total. The maximum Gasteiger partial charge on any atom is 0.180 e. The fourth-order valence-corrected chi connectivity index (χ4v) is 1.81. The lowest BCUT2D eigenvalue weighted by atomic mass is 9.97. The Kier molecular flexibility index (Phi) is 2.65. The lowest BCUT2D eigenvalue weighted by Gasteiger charge is -2.09. The average molecular weight is 213 g/mol. The summed E-state index contributed by atoms with van der Waals surface area (Å²) in [7, 11) is 0. The minimum absolute atomic E-state index is 0.803. The Morgan fingerprint density at radius 1 is 0.875 bits per heavy atom. The maximum atomic E-state index is 11.0. The zero-order chi connectivity index (χ0) is 11.7. The molecule has 0 radical (unpaired) electrons. The van der Waals surface area contributed by atoms with Gasteiger partial charge in [0.2, 0.25) is 0 Å². The van der Waals surface area contributed by atoms with Gasteiger partial charge in [-0.1, -0.05) is 12.1 Å². The molecule has 0 N–H and O–H groups in total. The van der Waals surface area contributed by atoms with Crippen LogP contribution in [0.1, 0.15) is 16.7 Å². The number of nitrogens with zero attached hydrogens (tertiary/aromatic N) is 1. The smallest absolute Gasteiger partial charge is 0.180 e. The van der Waals surface area contributed by atoms with Crippen LogP contribution in [-0.4, -0.2) is 0 Å². The highest BCUT2D eigenvalue weighted by Crippen LogP contribution is 2.23. The van der Waals surface area contributed by atoms with Crippen molar-refractivity contribution in [1.29, 1.82) is 0 Å². The van der Waals surface area contributed by atoms with Crippen molar-refractivity contribution in [1.82, 2.24) is 0 Å². The quantitative estimate of drug-likeness (QED) is 0.528. The summed E-state index contributed by atoms with van der Waals surface area (Å²) in [6.45, 7) is 6.36. The van der Waals surface area contributed by atoms with Crippen molar-refractivity contribution in [3.8, 4) is 11.1 Å². The van der Waals surface area contributed by atoms with Gasteiger partial charge in [-0.15, -0.1) is 0 Å². The first kappa shape index (κ1) is 10.7. The summed E-state index contributed by atoms with van der Waals surface area (Å²) in [5.74, 6) is 0. The maximum absolute atomic E-state index is 11.0. The van der Waals surface area contributed by atoms with Crippen molar-refractivity contribution >= 4 is 0 Å². The molecule has 0 amide bonds. The fraction of sp³-hybridized carbons (Fsp3) is 0.214. The molecule has 2 heteroatoms. The van der Waals surface area contributed by atoms with E-state index in [1.807, 2.05) is 12.1 Å². The van der Waals surface area contributed by atoms with Crippen molar-refractivity contribution < 1.29 is 4.73 Å². The lowest BCUT2D eigenvalue weighted by molar-refractivity contribution is -0.605. The highest BCUT2D eigenvalue weighted by molar-refractivity contribution is 5.65. The highest BCUT2D eigenvalue weighted by atomic mass is 16.5. The van der Waals surface area contributed by atoms with Gasteiger partial charge in [-0.25, -0.2) is 0 Å². The normalized spacial score (nSPS) is 10.4. The molecule has 0 aliphatic rings. The Morgan fingerprint density at radius 3 is 1.88 bits per heavy atom. The van der Waals surface area contributed by atoms with Crippen LogP contribution in [0.25, 0.3) is 11.1 Å². The molecule has 16 heavy (non-hydrogen) atoms. The summed E-state index contributed by atoms with van der Waals surface area (Å²) >= 11 is 0. The van der Waals surface area contributed by atoms with Crippen LogP contribution in [0.4, 0.5) is 0 Å². The summed E-state index contributed by atoms with van der Waals surface area (Å²) in [5.41, 5.74) is 6.15. The van der Waals surface area contributed by atoms with Gasteiger partial charge in [-0.3, -0.25) is 0 Å². The average Bonchev–Trinajstić information content (AvgIpc) is 2.26. The van der Waals surface area contributed by atoms with Crippen LogP contribution >= 0.6 is 0 Å². The largest absolute Gasteiger partial charge is 0.619 e.